The van der Waals surface area contributed by atoms with Crippen LogP contribution in [0.25, 0.3) is 0 Å². The fraction of sp³-hybridized carbons (Fsp3) is 0.429. The van der Waals surface area contributed by atoms with E-state index in [0.717, 1.165) is 0 Å². The molecule has 1 aromatic rings. The molecule has 108 valence electrons. The van der Waals surface area contributed by atoms with E-state index in [4.69, 9.17) is 14.7 Å². The van der Waals surface area contributed by atoms with E-state index in [0.29, 0.717) is 31.1 Å². The van der Waals surface area contributed by atoms with Gasteiger partial charge in [0, 0.05) is 20.2 Å². The van der Waals surface area contributed by atoms with Gasteiger partial charge in [-0.25, -0.2) is 4.79 Å². The number of urea groups is 1. The number of anilines is 1. The highest BCUT2D eigenvalue weighted by atomic mass is 16.5. The van der Waals surface area contributed by atoms with E-state index in [1.54, 1.807) is 31.3 Å². The summed E-state index contributed by atoms with van der Waals surface area (Å²) in [6.45, 7) is 1.21. The van der Waals surface area contributed by atoms with Gasteiger partial charge in [0.15, 0.2) is 0 Å². The number of nitrogens with zero attached hydrogens (tertiary/aromatic N) is 2. The van der Waals surface area contributed by atoms with Gasteiger partial charge in [-0.05, 0) is 12.1 Å². The maximum absolute atomic E-state index is 12.2. The smallest absolute Gasteiger partial charge is 0.322 e. The number of rotatable bonds is 7. The number of para-hydroxylation sites is 2. The second-order valence-electron chi connectivity index (χ2n) is 4.02. The highest BCUT2D eigenvalue weighted by molar-refractivity contribution is 5.91. The quantitative estimate of drug-likeness (QED) is 0.828. The van der Waals surface area contributed by atoms with Gasteiger partial charge in [-0.1, -0.05) is 12.1 Å². The monoisotopic (exact) mass is 277 g/mol. The number of hydrogen-bond acceptors (Lipinski definition) is 4. The predicted molar refractivity (Wildman–Crippen MR) is 75.7 cm³/mol. The van der Waals surface area contributed by atoms with Crippen molar-refractivity contribution in [1.82, 2.24) is 4.90 Å². The molecular weight excluding hydrogens is 258 g/mol. The summed E-state index contributed by atoms with van der Waals surface area (Å²) in [5.41, 5.74) is 0.597. The molecule has 1 aromatic carbocycles. The van der Waals surface area contributed by atoms with Crippen molar-refractivity contribution in [3.8, 4) is 11.8 Å². The fourth-order valence-corrected chi connectivity index (χ4v) is 1.64. The minimum absolute atomic E-state index is 0.276. The van der Waals surface area contributed by atoms with Crippen molar-refractivity contribution >= 4 is 11.7 Å². The van der Waals surface area contributed by atoms with Crippen molar-refractivity contribution in [3.63, 3.8) is 0 Å². The number of amides is 2. The highest BCUT2D eigenvalue weighted by Crippen LogP contribution is 2.23. The van der Waals surface area contributed by atoms with Crippen molar-refractivity contribution < 1.29 is 14.3 Å². The Morgan fingerprint density at radius 1 is 1.35 bits per heavy atom. The molecule has 0 unspecified atom stereocenters. The molecule has 1 rings (SSSR count). The summed E-state index contributed by atoms with van der Waals surface area (Å²) < 4.78 is 10.1. The van der Waals surface area contributed by atoms with E-state index in [1.165, 1.54) is 0 Å². The number of ether oxygens (including phenoxy) is 2. The van der Waals surface area contributed by atoms with Crippen molar-refractivity contribution in [2.75, 3.05) is 39.2 Å². The van der Waals surface area contributed by atoms with Crippen molar-refractivity contribution in [2.24, 2.45) is 0 Å². The van der Waals surface area contributed by atoms with Crippen LogP contribution in [0.2, 0.25) is 0 Å². The lowest BCUT2D eigenvalue weighted by Gasteiger charge is -2.22. The second kappa shape index (κ2) is 8.77. The second-order valence-corrected chi connectivity index (χ2v) is 4.02. The average molecular weight is 277 g/mol. The van der Waals surface area contributed by atoms with E-state index in [9.17, 15) is 4.79 Å². The molecule has 6 heteroatoms. The van der Waals surface area contributed by atoms with Crippen LogP contribution in [-0.4, -0.2) is 44.8 Å². The Balaban J connectivity index is 2.71. The summed E-state index contributed by atoms with van der Waals surface area (Å²) in [6, 6.07) is 8.92. The van der Waals surface area contributed by atoms with Gasteiger partial charge >= 0.3 is 6.03 Å². The van der Waals surface area contributed by atoms with E-state index >= 15 is 0 Å². The molecule has 0 aliphatic carbocycles. The van der Waals surface area contributed by atoms with Gasteiger partial charge in [-0.2, -0.15) is 5.26 Å². The Kier molecular flexibility index (Phi) is 6.93. The molecule has 1 N–H and O–H groups in total. The Labute approximate surface area is 118 Å². The van der Waals surface area contributed by atoms with Crippen molar-refractivity contribution in [1.29, 1.82) is 5.26 Å². The van der Waals surface area contributed by atoms with Crippen molar-refractivity contribution in [3.05, 3.63) is 24.3 Å². The van der Waals surface area contributed by atoms with Crippen LogP contribution in [0.1, 0.15) is 6.42 Å². The molecule has 0 spiro atoms. The predicted octanol–water partition coefficient (Wildman–Crippen LogP) is 2.09. The SMILES string of the molecule is COCCN(CCC#N)C(=O)Nc1ccccc1OC. The average Bonchev–Trinajstić information content (AvgIpc) is 2.47. The molecule has 0 radical (unpaired) electrons. The summed E-state index contributed by atoms with van der Waals surface area (Å²) >= 11 is 0. The summed E-state index contributed by atoms with van der Waals surface area (Å²) in [4.78, 5) is 13.7. The van der Waals surface area contributed by atoms with Gasteiger partial charge in [0.05, 0.1) is 31.9 Å². The largest absolute Gasteiger partial charge is 0.495 e. The number of nitriles is 1. The van der Waals surface area contributed by atoms with Crippen LogP contribution in [0.3, 0.4) is 0 Å². The first-order valence-electron chi connectivity index (χ1n) is 6.27. The number of methoxy groups -OCH3 is 2. The molecule has 0 heterocycles. The van der Waals surface area contributed by atoms with Crippen LogP contribution in [0.5, 0.6) is 5.75 Å². The maximum Gasteiger partial charge on any atom is 0.322 e. The highest BCUT2D eigenvalue weighted by Gasteiger charge is 2.14. The lowest BCUT2D eigenvalue weighted by atomic mass is 10.3. The van der Waals surface area contributed by atoms with Crippen LogP contribution in [-0.2, 0) is 4.74 Å². The number of hydrogen-bond donors (Lipinski definition) is 1. The first-order chi connectivity index (χ1) is 9.72. The van der Waals surface area contributed by atoms with Gasteiger partial charge in [-0.15, -0.1) is 0 Å². The van der Waals surface area contributed by atoms with Crippen LogP contribution in [0.4, 0.5) is 10.5 Å². The number of carbonyl (C=O) groups excluding carboxylic acids is 1. The molecule has 0 saturated carbocycles. The van der Waals surface area contributed by atoms with Crippen molar-refractivity contribution in [2.45, 2.75) is 6.42 Å². The number of benzene rings is 1. The topological polar surface area (TPSA) is 74.6 Å². The van der Waals surface area contributed by atoms with E-state index in [2.05, 4.69) is 5.32 Å². The van der Waals surface area contributed by atoms with Crippen LogP contribution in [0.15, 0.2) is 24.3 Å². The van der Waals surface area contributed by atoms with Gasteiger partial charge < -0.3 is 19.7 Å². The van der Waals surface area contributed by atoms with Gasteiger partial charge in [0.1, 0.15) is 5.75 Å². The zero-order chi connectivity index (χ0) is 14.8. The summed E-state index contributed by atoms with van der Waals surface area (Å²) in [5.74, 6) is 0.591. The molecule has 0 bridgehead atoms. The van der Waals surface area contributed by atoms with E-state index in [-0.39, 0.29) is 12.5 Å². The van der Waals surface area contributed by atoms with Gasteiger partial charge in [-0.3, -0.25) is 0 Å². The van der Waals surface area contributed by atoms with Crippen LogP contribution in [0, 0.1) is 11.3 Å². The third-order valence-electron chi connectivity index (χ3n) is 2.69. The molecule has 0 saturated heterocycles. The minimum Gasteiger partial charge on any atom is -0.495 e. The third kappa shape index (κ3) is 4.78. The number of nitrogens with one attached hydrogen (secondary N) is 1. The Hall–Kier alpha value is -2.26. The lowest BCUT2D eigenvalue weighted by molar-refractivity contribution is 0.156. The maximum atomic E-state index is 12.2. The first kappa shape index (κ1) is 15.8. The molecule has 6 nitrogen and oxygen atoms in total. The Morgan fingerprint density at radius 3 is 2.75 bits per heavy atom. The summed E-state index contributed by atoms with van der Waals surface area (Å²) in [5, 5.41) is 11.4. The molecule has 0 aliphatic rings. The fourth-order valence-electron chi connectivity index (χ4n) is 1.64. The molecule has 0 fully saturated rings. The normalized spacial score (nSPS) is 9.65. The zero-order valence-corrected chi connectivity index (χ0v) is 11.8. The molecule has 20 heavy (non-hydrogen) atoms. The van der Waals surface area contributed by atoms with Crippen LogP contribution < -0.4 is 10.1 Å². The Morgan fingerprint density at radius 2 is 2.10 bits per heavy atom. The molecule has 0 atom stereocenters. The standard InChI is InChI=1S/C14H19N3O3/c1-19-11-10-17(9-5-8-15)14(18)16-12-6-3-4-7-13(12)20-2/h3-4,6-7H,5,9-11H2,1-2H3,(H,16,18). The van der Waals surface area contributed by atoms with Crippen LogP contribution >= 0.6 is 0 Å². The summed E-state index contributed by atoms with van der Waals surface area (Å²) in [7, 11) is 3.12. The molecule has 0 aromatic heterocycles. The summed E-state index contributed by atoms with van der Waals surface area (Å²) in [6.07, 6.45) is 0.281. The molecular formula is C14H19N3O3. The van der Waals surface area contributed by atoms with Gasteiger partial charge in [0.2, 0.25) is 0 Å². The lowest BCUT2D eigenvalue weighted by Crippen LogP contribution is -2.38. The zero-order valence-electron chi connectivity index (χ0n) is 11.8. The minimum atomic E-state index is -0.276. The first-order valence-corrected chi connectivity index (χ1v) is 6.27. The van der Waals surface area contributed by atoms with Gasteiger partial charge in [0.25, 0.3) is 0 Å². The molecule has 0 aliphatic heterocycles. The third-order valence-corrected chi connectivity index (χ3v) is 2.69. The van der Waals surface area contributed by atoms with E-state index in [1.807, 2.05) is 18.2 Å². The van der Waals surface area contributed by atoms with E-state index < -0.39 is 0 Å². The molecule has 2 amide bonds. The Bertz CT molecular complexity index is 471. The number of carbonyl (C=O) groups is 1.